The van der Waals surface area contributed by atoms with Crippen LogP contribution in [-0.4, -0.2) is 25.8 Å². The number of ether oxygens (including phenoxy) is 2. The Labute approximate surface area is 112 Å². The molecule has 98 valence electrons. The maximum Gasteiger partial charge on any atom is 0.289 e. The van der Waals surface area contributed by atoms with Crippen molar-refractivity contribution >= 4 is 22.5 Å². The minimum absolute atomic E-state index is 0.567. The topological polar surface area (TPSA) is 42.8 Å². The molecule has 0 fully saturated rings. The molecule has 0 aliphatic carbocycles. The number of amidine groups is 1. The van der Waals surface area contributed by atoms with E-state index >= 15 is 0 Å². The third-order valence-electron chi connectivity index (χ3n) is 3.01. The fraction of sp³-hybridized carbons (Fsp3) is 0.267. The Balaban J connectivity index is 2.08. The van der Waals surface area contributed by atoms with E-state index in [4.69, 9.17) is 9.47 Å². The third-order valence-corrected chi connectivity index (χ3v) is 3.01. The molecule has 1 aliphatic rings. The summed E-state index contributed by atoms with van der Waals surface area (Å²) in [6.07, 6.45) is 0. The Hall–Kier alpha value is -2.23. The van der Waals surface area contributed by atoms with Gasteiger partial charge in [0.1, 0.15) is 12.4 Å². The van der Waals surface area contributed by atoms with Crippen LogP contribution in [0.25, 0.3) is 10.8 Å². The molecule has 0 bridgehead atoms. The van der Waals surface area contributed by atoms with E-state index in [1.54, 1.807) is 0 Å². The van der Waals surface area contributed by atoms with E-state index in [0.29, 0.717) is 25.8 Å². The maximum absolute atomic E-state index is 5.68. The molecule has 1 heterocycles. The molecular formula is C15H16N2O2. The molecule has 0 saturated heterocycles. The van der Waals surface area contributed by atoms with Gasteiger partial charge < -0.3 is 14.8 Å². The van der Waals surface area contributed by atoms with E-state index in [2.05, 4.69) is 28.5 Å². The van der Waals surface area contributed by atoms with Gasteiger partial charge in [0, 0.05) is 5.39 Å². The van der Waals surface area contributed by atoms with E-state index in [9.17, 15) is 0 Å². The van der Waals surface area contributed by atoms with Crippen LogP contribution in [0.2, 0.25) is 0 Å². The van der Waals surface area contributed by atoms with Crippen LogP contribution in [0.1, 0.15) is 6.92 Å². The van der Waals surface area contributed by atoms with Crippen molar-refractivity contribution in [1.29, 1.82) is 0 Å². The highest BCUT2D eigenvalue weighted by Gasteiger charge is 2.13. The lowest BCUT2D eigenvalue weighted by Crippen LogP contribution is -2.13. The first-order chi connectivity index (χ1) is 9.38. The second-order valence-electron chi connectivity index (χ2n) is 4.25. The molecule has 4 nitrogen and oxygen atoms in total. The molecule has 3 rings (SSSR count). The van der Waals surface area contributed by atoms with E-state index < -0.39 is 0 Å². The van der Waals surface area contributed by atoms with Crippen LogP contribution >= 0.6 is 0 Å². The standard InChI is InChI=1S/C15H16N2O2/c1-2-18-13-8-7-11-5-3-4-6-12(11)14(13)17-15-16-9-10-19-15/h3-8H,2,9-10H2,1H3,(H,16,17). The third kappa shape index (κ3) is 2.34. The molecular weight excluding hydrogens is 240 g/mol. The number of anilines is 1. The predicted octanol–water partition coefficient (Wildman–Crippen LogP) is 3.04. The SMILES string of the molecule is CCOc1ccc2ccccc2c1NC1=NCCO1. The van der Waals surface area contributed by atoms with Gasteiger partial charge in [0.2, 0.25) is 0 Å². The van der Waals surface area contributed by atoms with Crippen LogP contribution in [0.15, 0.2) is 41.4 Å². The summed E-state index contributed by atoms with van der Waals surface area (Å²) < 4.78 is 11.1. The molecule has 2 aromatic rings. The lowest BCUT2D eigenvalue weighted by Gasteiger charge is -2.14. The van der Waals surface area contributed by atoms with Crippen molar-refractivity contribution in [3.05, 3.63) is 36.4 Å². The van der Waals surface area contributed by atoms with Crippen molar-refractivity contribution in [3.8, 4) is 5.75 Å². The van der Waals surface area contributed by atoms with E-state index in [1.807, 2.05) is 25.1 Å². The molecule has 0 saturated carbocycles. The highest BCUT2D eigenvalue weighted by molar-refractivity contribution is 6.04. The van der Waals surface area contributed by atoms with Gasteiger partial charge in [0.15, 0.2) is 0 Å². The number of hydrogen-bond donors (Lipinski definition) is 1. The molecule has 1 N–H and O–H groups in total. The van der Waals surface area contributed by atoms with Gasteiger partial charge in [-0.05, 0) is 18.4 Å². The van der Waals surface area contributed by atoms with Crippen LogP contribution in [0.5, 0.6) is 5.75 Å². The molecule has 0 amide bonds. The number of aliphatic imine (C=N–C) groups is 1. The molecule has 0 aromatic heterocycles. The van der Waals surface area contributed by atoms with Crippen LogP contribution in [0.3, 0.4) is 0 Å². The lowest BCUT2D eigenvalue weighted by atomic mass is 10.1. The smallest absolute Gasteiger partial charge is 0.289 e. The van der Waals surface area contributed by atoms with Crippen LogP contribution in [0, 0.1) is 0 Å². The monoisotopic (exact) mass is 256 g/mol. The predicted molar refractivity (Wildman–Crippen MR) is 77.0 cm³/mol. The van der Waals surface area contributed by atoms with Crippen molar-refractivity contribution in [3.63, 3.8) is 0 Å². The Kier molecular flexibility index (Phi) is 3.23. The maximum atomic E-state index is 5.68. The Morgan fingerprint density at radius 1 is 1.26 bits per heavy atom. The lowest BCUT2D eigenvalue weighted by molar-refractivity contribution is 0.338. The van der Waals surface area contributed by atoms with Crippen LogP contribution in [0.4, 0.5) is 5.69 Å². The number of nitrogens with zero attached hydrogens (tertiary/aromatic N) is 1. The van der Waals surface area contributed by atoms with Crippen molar-refractivity contribution in [1.82, 2.24) is 0 Å². The fourth-order valence-corrected chi connectivity index (χ4v) is 2.17. The van der Waals surface area contributed by atoms with Crippen LogP contribution < -0.4 is 10.1 Å². The Morgan fingerprint density at radius 2 is 2.16 bits per heavy atom. The largest absolute Gasteiger partial charge is 0.492 e. The van der Waals surface area contributed by atoms with Gasteiger partial charge in [-0.15, -0.1) is 0 Å². The minimum atomic E-state index is 0.567. The van der Waals surface area contributed by atoms with Gasteiger partial charge in [-0.25, -0.2) is 4.99 Å². The Bertz CT molecular complexity index is 623. The molecule has 19 heavy (non-hydrogen) atoms. The molecule has 1 aliphatic heterocycles. The summed E-state index contributed by atoms with van der Waals surface area (Å²) in [6.45, 7) is 3.94. The summed E-state index contributed by atoms with van der Waals surface area (Å²) in [4.78, 5) is 4.27. The first-order valence-electron chi connectivity index (χ1n) is 6.47. The molecule has 0 unspecified atom stereocenters. The van der Waals surface area contributed by atoms with Crippen molar-refractivity contribution < 1.29 is 9.47 Å². The van der Waals surface area contributed by atoms with Crippen molar-refractivity contribution in [2.45, 2.75) is 6.92 Å². The zero-order chi connectivity index (χ0) is 13.1. The molecule has 0 radical (unpaired) electrons. The first kappa shape index (κ1) is 11.8. The average Bonchev–Trinajstić information content (AvgIpc) is 2.95. The highest BCUT2D eigenvalue weighted by atomic mass is 16.5. The van der Waals surface area contributed by atoms with Gasteiger partial charge in [-0.1, -0.05) is 30.3 Å². The minimum Gasteiger partial charge on any atom is -0.492 e. The van der Waals surface area contributed by atoms with Crippen molar-refractivity contribution in [2.75, 3.05) is 25.1 Å². The number of nitrogens with one attached hydrogen (secondary N) is 1. The summed E-state index contributed by atoms with van der Waals surface area (Å²) >= 11 is 0. The quantitative estimate of drug-likeness (QED) is 0.917. The summed E-state index contributed by atoms with van der Waals surface area (Å²) in [7, 11) is 0. The van der Waals surface area contributed by atoms with Gasteiger partial charge >= 0.3 is 0 Å². The first-order valence-corrected chi connectivity index (χ1v) is 6.47. The average molecular weight is 256 g/mol. The number of fused-ring (bicyclic) bond motifs is 1. The second-order valence-corrected chi connectivity index (χ2v) is 4.25. The van der Waals surface area contributed by atoms with Gasteiger partial charge in [0.05, 0.1) is 18.8 Å². The highest BCUT2D eigenvalue weighted by Crippen LogP contribution is 2.33. The zero-order valence-electron chi connectivity index (χ0n) is 10.8. The Morgan fingerprint density at radius 3 is 2.95 bits per heavy atom. The summed E-state index contributed by atoms with van der Waals surface area (Å²) in [5, 5.41) is 5.50. The van der Waals surface area contributed by atoms with Crippen molar-refractivity contribution in [2.24, 2.45) is 4.99 Å². The van der Waals surface area contributed by atoms with E-state index in [-0.39, 0.29) is 0 Å². The van der Waals surface area contributed by atoms with E-state index in [0.717, 1.165) is 22.2 Å². The van der Waals surface area contributed by atoms with Gasteiger partial charge in [-0.2, -0.15) is 0 Å². The molecule has 4 heteroatoms. The van der Waals surface area contributed by atoms with Gasteiger partial charge in [-0.3, -0.25) is 0 Å². The fourth-order valence-electron chi connectivity index (χ4n) is 2.17. The number of hydrogen-bond acceptors (Lipinski definition) is 4. The summed E-state index contributed by atoms with van der Waals surface area (Å²) in [5.74, 6) is 0.819. The zero-order valence-corrected chi connectivity index (χ0v) is 10.8. The van der Waals surface area contributed by atoms with E-state index in [1.165, 1.54) is 0 Å². The number of rotatable bonds is 3. The number of benzene rings is 2. The van der Waals surface area contributed by atoms with Crippen LogP contribution in [-0.2, 0) is 4.74 Å². The van der Waals surface area contributed by atoms with Gasteiger partial charge in [0.25, 0.3) is 6.02 Å². The molecule has 0 spiro atoms. The summed E-state index contributed by atoms with van der Waals surface area (Å²) in [6, 6.07) is 12.8. The summed E-state index contributed by atoms with van der Waals surface area (Å²) in [5.41, 5.74) is 0.917. The normalized spacial score (nSPS) is 14.1. The second kappa shape index (κ2) is 5.18. The molecule has 2 aromatic carbocycles. The molecule has 0 atom stereocenters.